The molecule has 7 nitrogen and oxygen atoms in total. The summed E-state index contributed by atoms with van der Waals surface area (Å²) in [5.41, 5.74) is 1.05. The number of ether oxygens (including phenoxy) is 3. The number of carbonyl (C=O) groups is 3. The first kappa shape index (κ1) is 21.4. The van der Waals surface area contributed by atoms with E-state index in [9.17, 15) is 14.4 Å². The van der Waals surface area contributed by atoms with Gasteiger partial charge in [-0.25, -0.2) is 0 Å². The van der Waals surface area contributed by atoms with E-state index >= 15 is 0 Å². The van der Waals surface area contributed by atoms with Gasteiger partial charge >= 0.3 is 5.97 Å². The third kappa shape index (κ3) is 4.97. The Balaban J connectivity index is 1.58. The molecule has 0 aromatic heterocycles. The van der Waals surface area contributed by atoms with Crippen molar-refractivity contribution in [3.05, 3.63) is 53.6 Å². The number of benzene rings is 2. The number of hydrogen-bond acceptors (Lipinski definition) is 6. The van der Waals surface area contributed by atoms with Crippen LogP contribution in [0.5, 0.6) is 17.2 Å². The fourth-order valence-electron chi connectivity index (χ4n) is 3.39. The molecule has 1 amide bonds. The maximum absolute atomic E-state index is 12.9. The lowest BCUT2D eigenvalue weighted by atomic mass is 9.96. The molecule has 0 bridgehead atoms. The summed E-state index contributed by atoms with van der Waals surface area (Å²) < 4.78 is 15.9. The molecule has 7 heteroatoms. The summed E-state index contributed by atoms with van der Waals surface area (Å²) in [6.45, 7) is 2.40. The number of Topliss-reactive ketones (excluding diaryl/α,β-unsaturated/α-hetero) is 1. The predicted molar refractivity (Wildman–Crippen MR) is 110 cm³/mol. The molecule has 158 valence electrons. The molecule has 1 saturated heterocycles. The summed E-state index contributed by atoms with van der Waals surface area (Å²) in [6.07, 6.45) is 1.05. The maximum atomic E-state index is 12.9. The van der Waals surface area contributed by atoms with E-state index < -0.39 is 0 Å². The minimum Gasteiger partial charge on any atom is -0.497 e. The Morgan fingerprint density at radius 2 is 1.40 bits per heavy atom. The predicted octanol–water partition coefficient (Wildman–Crippen LogP) is 3.36. The summed E-state index contributed by atoms with van der Waals surface area (Å²) in [5, 5.41) is 0. The molecule has 0 aliphatic carbocycles. The average molecular weight is 411 g/mol. The summed E-state index contributed by atoms with van der Waals surface area (Å²) in [7, 11) is 3.07. The molecule has 30 heavy (non-hydrogen) atoms. The number of rotatable bonds is 6. The zero-order valence-corrected chi connectivity index (χ0v) is 17.3. The fraction of sp³-hybridized carbons (Fsp3) is 0.348. The SMILES string of the molecule is COc1cc(OC)cc(C(=O)N2CCC(C(=O)Oc3ccc(C(C)=O)cc3)CC2)c1. The number of piperidine rings is 1. The average Bonchev–Trinajstić information content (AvgIpc) is 2.78. The van der Waals surface area contributed by atoms with Crippen molar-refractivity contribution in [1.29, 1.82) is 0 Å². The van der Waals surface area contributed by atoms with Crippen LogP contribution in [0.15, 0.2) is 42.5 Å². The van der Waals surface area contributed by atoms with Crippen LogP contribution in [0.2, 0.25) is 0 Å². The van der Waals surface area contributed by atoms with Crippen LogP contribution in [0, 0.1) is 5.92 Å². The van der Waals surface area contributed by atoms with Gasteiger partial charge in [-0.1, -0.05) is 0 Å². The lowest BCUT2D eigenvalue weighted by Gasteiger charge is -2.31. The van der Waals surface area contributed by atoms with Crippen LogP contribution < -0.4 is 14.2 Å². The first-order chi connectivity index (χ1) is 14.4. The lowest BCUT2D eigenvalue weighted by Crippen LogP contribution is -2.41. The molecule has 0 atom stereocenters. The van der Waals surface area contributed by atoms with Gasteiger partial charge in [0.25, 0.3) is 5.91 Å². The number of methoxy groups -OCH3 is 2. The van der Waals surface area contributed by atoms with Crippen molar-refractivity contribution in [2.75, 3.05) is 27.3 Å². The second kappa shape index (κ2) is 9.43. The highest BCUT2D eigenvalue weighted by molar-refractivity contribution is 5.95. The molecule has 0 saturated carbocycles. The van der Waals surface area contributed by atoms with Crippen LogP contribution in [-0.4, -0.2) is 49.9 Å². The Hall–Kier alpha value is -3.35. The van der Waals surface area contributed by atoms with E-state index in [0.29, 0.717) is 54.3 Å². The van der Waals surface area contributed by atoms with E-state index in [-0.39, 0.29) is 23.6 Å². The largest absolute Gasteiger partial charge is 0.497 e. The summed E-state index contributed by atoms with van der Waals surface area (Å²) in [4.78, 5) is 38.4. The molecule has 1 aliphatic heterocycles. The molecule has 0 spiro atoms. The van der Waals surface area contributed by atoms with Gasteiger partial charge in [0, 0.05) is 30.3 Å². The molecule has 1 aliphatic rings. The number of hydrogen-bond donors (Lipinski definition) is 0. The van der Waals surface area contributed by atoms with E-state index in [1.807, 2.05) is 0 Å². The molecule has 3 rings (SSSR count). The van der Waals surface area contributed by atoms with Crippen molar-refractivity contribution >= 4 is 17.7 Å². The summed E-state index contributed by atoms with van der Waals surface area (Å²) in [5.74, 6) is 0.741. The Bertz CT molecular complexity index is 907. The lowest BCUT2D eigenvalue weighted by molar-refractivity contribution is -0.140. The van der Waals surface area contributed by atoms with E-state index in [4.69, 9.17) is 14.2 Å². The molecule has 0 unspecified atom stereocenters. The third-order valence-corrected chi connectivity index (χ3v) is 5.19. The highest BCUT2D eigenvalue weighted by Gasteiger charge is 2.29. The molecule has 0 radical (unpaired) electrons. The number of likely N-dealkylation sites (tertiary alicyclic amines) is 1. The van der Waals surface area contributed by atoms with Gasteiger partial charge in [-0.15, -0.1) is 0 Å². The number of nitrogens with zero attached hydrogens (tertiary/aromatic N) is 1. The van der Waals surface area contributed by atoms with Crippen molar-refractivity contribution in [3.63, 3.8) is 0 Å². The second-order valence-corrected chi connectivity index (χ2v) is 7.17. The Kier molecular flexibility index (Phi) is 6.72. The van der Waals surface area contributed by atoms with Gasteiger partial charge in [0.1, 0.15) is 17.2 Å². The highest BCUT2D eigenvalue weighted by Crippen LogP contribution is 2.26. The molecule has 2 aromatic rings. The van der Waals surface area contributed by atoms with Gasteiger partial charge in [-0.05, 0) is 56.2 Å². The first-order valence-electron chi connectivity index (χ1n) is 9.76. The monoisotopic (exact) mass is 411 g/mol. The molecule has 1 heterocycles. The smallest absolute Gasteiger partial charge is 0.314 e. The standard InChI is InChI=1S/C23H25NO6/c1-15(25)16-4-6-19(7-5-16)30-23(27)17-8-10-24(11-9-17)22(26)18-12-20(28-2)14-21(13-18)29-3/h4-7,12-14,17H,8-11H2,1-3H3. The van der Waals surface area contributed by atoms with E-state index in [1.165, 1.54) is 21.1 Å². The normalized spacial score (nSPS) is 14.2. The van der Waals surface area contributed by atoms with Crippen LogP contribution >= 0.6 is 0 Å². The van der Waals surface area contributed by atoms with Gasteiger partial charge in [-0.3, -0.25) is 14.4 Å². The van der Waals surface area contributed by atoms with E-state index in [1.54, 1.807) is 47.4 Å². The van der Waals surface area contributed by atoms with E-state index in [2.05, 4.69) is 0 Å². The summed E-state index contributed by atoms with van der Waals surface area (Å²) >= 11 is 0. The number of amides is 1. The Labute approximate surface area is 175 Å². The number of carbonyl (C=O) groups excluding carboxylic acids is 3. The first-order valence-corrected chi connectivity index (χ1v) is 9.76. The van der Waals surface area contributed by atoms with Gasteiger partial charge < -0.3 is 19.1 Å². The molecule has 2 aromatic carbocycles. The van der Waals surface area contributed by atoms with Gasteiger partial charge in [0.05, 0.1) is 20.1 Å². The van der Waals surface area contributed by atoms with Gasteiger partial charge in [0.15, 0.2) is 5.78 Å². The van der Waals surface area contributed by atoms with Gasteiger partial charge in [0.2, 0.25) is 0 Å². The second-order valence-electron chi connectivity index (χ2n) is 7.17. The topological polar surface area (TPSA) is 82.1 Å². The Morgan fingerprint density at radius 1 is 0.833 bits per heavy atom. The molecular weight excluding hydrogens is 386 g/mol. The van der Waals surface area contributed by atoms with Crippen molar-refractivity contribution in [3.8, 4) is 17.2 Å². The van der Waals surface area contributed by atoms with Crippen LogP contribution in [0.4, 0.5) is 0 Å². The third-order valence-electron chi connectivity index (χ3n) is 5.19. The summed E-state index contributed by atoms with van der Waals surface area (Å²) in [6, 6.07) is 11.6. The van der Waals surface area contributed by atoms with Crippen LogP contribution in [0.1, 0.15) is 40.5 Å². The molecule has 0 N–H and O–H groups in total. The van der Waals surface area contributed by atoms with Crippen molar-refractivity contribution < 1.29 is 28.6 Å². The van der Waals surface area contributed by atoms with Crippen LogP contribution in [0.3, 0.4) is 0 Å². The minimum atomic E-state index is -0.319. The van der Waals surface area contributed by atoms with Crippen molar-refractivity contribution in [1.82, 2.24) is 4.90 Å². The zero-order valence-electron chi connectivity index (χ0n) is 17.3. The minimum absolute atomic E-state index is 0.0430. The maximum Gasteiger partial charge on any atom is 0.314 e. The Morgan fingerprint density at radius 3 is 1.90 bits per heavy atom. The van der Waals surface area contributed by atoms with Crippen molar-refractivity contribution in [2.45, 2.75) is 19.8 Å². The zero-order chi connectivity index (χ0) is 21.7. The molecule has 1 fully saturated rings. The number of esters is 1. The quantitative estimate of drug-likeness (QED) is 0.412. The molecular formula is C23H25NO6. The highest BCUT2D eigenvalue weighted by atomic mass is 16.5. The van der Waals surface area contributed by atoms with Crippen LogP contribution in [0.25, 0.3) is 0 Å². The van der Waals surface area contributed by atoms with Gasteiger partial charge in [-0.2, -0.15) is 0 Å². The van der Waals surface area contributed by atoms with Crippen molar-refractivity contribution in [2.24, 2.45) is 5.92 Å². The number of ketones is 1. The van der Waals surface area contributed by atoms with Crippen LogP contribution in [-0.2, 0) is 4.79 Å². The fourth-order valence-corrected chi connectivity index (χ4v) is 3.39. The van der Waals surface area contributed by atoms with E-state index in [0.717, 1.165) is 0 Å².